The number of carbonyl (C=O) groups is 4. The number of ether oxygens (including phenoxy) is 1. The molecule has 0 saturated heterocycles. The predicted molar refractivity (Wildman–Crippen MR) is 120 cm³/mol. The molecule has 2 aromatic carbocycles. The Labute approximate surface area is 204 Å². The quantitative estimate of drug-likeness (QED) is 0.231. The van der Waals surface area contributed by atoms with Gasteiger partial charge in [0.25, 0.3) is 17.7 Å². The number of anilines is 1. The van der Waals surface area contributed by atoms with Crippen LogP contribution in [0.25, 0.3) is 0 Å². The van der Waals surface area contributed by atoms with Gasteiger partial charge in [-0.2, -0.15) is 0 Å². The Bertz CT molecular complexity index is 1080. The Hall–Kier alpha value is -1.84. The number of rotatable bonds is 5. The van der Waals surface area contributed by atoms with Crippen molar-refractivity contribution in [1.29, 1.82) is 0 Å². The highest BCUT2D eigenvalue weighted by Gasteiger charge is 2.45. The van der Waals surface area contributed by atoms with Crippen LogP contribution in [0.15, 0.2) is 28.7 Å². The first kappa shape index (κ1) is 23.8. The van der Waals surface area contributed by atoms with Crippen LogP contribution in [0.1, 0.15) is 27.6 Å². The molecule has 0 spiro atoms. The van der Waals surface area contributed by atoms with E-state index in [1.165, 1.54) is 6.92 Å². The number of fused-ring (bicyclic) bond motifs is 1. The van der Waals surface area contributed by atoms with Gasteiger partial charge in [0.05, 0.1) is 31.2 Å². The van der Waals surface area contributed by atoms with Crippen LogP contribution >= 0.6 is 62.3 Å². The zero-order valence-corrected chi connectivity index (χ0v) is 20.1. The maximum absolute atomic E-state index is 12.8. The molecule has 0 radical (unpaired) electrons. The number of carbonyl (C=O) groups excluding carboxylic acids is 4. The summed E-state index contributed by atoms with van der Waals surface area (Å²) in [6, 6.07) is 5.38. The molecule has 1 aliphatic rings. The van der Waals surface area contributed by atoms with E-state index < -0.39 is 36.3 Å². The van der Waals surface area contributed by atoms with Gasteiger partial charge in [0, 0.05) is 10.2 Å². The Morgan fingerprint density at radius 1 is 0.968 bits per heavy atom. The molecular weight excluding hydrogens is 558 g/mol. The molecular formula is C19H11BrCl4N2O5. The molecule has 1 N–H and O–H groups in total. The Morgan fingerprint density at radius 2 is 1.45 bits per heavy atom. The summed E-state index contributed by atoms with van der Waals surface area (Å²) < 4.78 is 5.78. The third-order valence-electron chi connectivity index (χ3n) is 4.33. The summed E-state index contributed by atoms with van der Waals surface area (Å²) in [7, 11) is 0. The number of imide groups is 1. The molecule has 0 aliphatic carbocycles. The fourth-order valence-corrected chi connectivity index (χ4v) is 4.09. The molecule has 1 aliphatic heterocycles. The number of nitrogens with one attached hydrogen (secondary N) is 1. The number of halogens is 5. The summed E-state index contributed by atoms with van der Waals surface area (Å²) in [5.74, 6) is -3.34. The maximum atomic E-state index is 12.8. The van der Waals surface area contributed by atoms with Gasteiger partial charge in [0.1, 0.15) is 6.04 Å². The van der Waals surface area contributed by atoms with Crippen LogP contribution in [0.2, 0.25) is 20.1 Å². The highest BCUT2D eigenvalue weighted by Crippen LogP contribution is 2.45. The smallest absolute Gasteiger partial charge is 0.329 e. The van der Waals surface area contributed by atoms with E-state index in [2.05, 4.69) is 21.2 Å². The molecule has 0 saturated carbocycles. The first-order chi connectivity index (χ1) is 14.5. The van der Waals surface area contributed by atoms with E-state index in [0.717, 1.165) is 4.47 Å². The lowest BCUT2D eigenvalue weighted by atomic mass is 10.1. The lowest BCUT2D eigenvalue weighted by molar-refractivity contribution is -0.150. The standard InChI is InChI=1S/C19H11BrCl4N2O5/c1-7(19(30)31-6-10(27)25-9-4-2-8(20)3-5-9)26-17(28)11-12(18(26)29)14(22)16(24)15(23)13(11)21/h2-5,7H,6H2,1H3,(H,25,27)/t7-/m0/s1. The van der Waals surface area contributed by atoms with E-state index in [1.807, 2.05) is 0 Å². The number of hydrogen-bond donors (Lipinski definition) is 1. The van der Waals surface area contributed by atoms with Crippen molar-refractivity contribution in [3.63, 3.8) is 0 Å². The van der Waals surface area contributed by atoms with Crippen LogP contribution < -0.4 is 5.32 Å². The zero-order chi connectivity index (χ0) is 23.0. The van der Waals surface area contributed by atoms with Gasteiger partial charge in [-0.3, -0.25) is 19.3 Å². The lowest BCUT2D eigenvalue weighted by Gasteiger charge is -2.20. The zero-order valence-electron chi connectivity index (χ0n) is 15.5. The van der Waals surface area contributed by atoms with Gasteiger partial charge in [0.15, 0.2) is 6.61 Å². The number of esters is 1. The molecule has 162 valence electrons. The molecule has 1 heterocycles. The molecule has 1 atom stereocenters. The van der Waals surface area contributed by atoms with Gasteiger partial charge in [-0.25, -0.2) is 4.79 Å². The van der Waals surface area contributed by atoms with Crippen molar-refractivity contribution in [1.82, 2.24) is 4.90 Å². The third kappa shape index (κ3) is 4.54. The van der Waals surface area contributed by atoms with E-state index in [9.17, 15) is 19.2 Å². The summed E-state index contributed by atoms with van der Waals surface area (Å²) >= 11 is 27.3. The largest absolute Gasteiger partial charge is 0.454 e. The fraction of sp³-hybridized carbons (Fsp3) is 0.158. The van der Waals surface area contributed by atoms with Gasteiger partial charge >= 0.3 is 5.97 Å². The van der Waals surface area contributed by atoms with Crippen LogP contribution in [-0.2, 0) is 14.3 Å². The molecule has 0 unspecified atom stereocenters. The highest BCUT2D eigenvalue weighted by atomic mass is 79.9. The third-order valence-corrected chi connectivity index (χ3v) is 6.67. The molecule has 12 heteroatoms. The van der Waals surface area contributed by atoms with Crippen LogP contribution in [0.3, 0.4) is 0 Å². The van der Waals surface area contributed by atoms with Crippen molar-refractivity contribution < 1.29 is 23.9 Å². The maximum Gasteiger partial charge on any atom is 0.329 e. The molecule has 0 bridgehead atoms. The van der Waals surface area contributed by atoms with Crippen molar-refractivity contribution in [3.8, 4) is 0 Å². The Balaban J connectivity index is 1.71. The molecule has 3 amide bonds. The number of nitrogens with zero attached hydrogens (tertiary/aromatic N) is 1. The van der Waals surface area contributed by atoms with Crippen LogP contribution in [0.5, 0.6) is 0 Å². The first-order valence-corrected chi connectivity index (χ1v) is 10.8. The molecule has 2 aromatic rings. The summed E-state index contributed by atoms with van der Waals surface area (Å²) in [5.41, 5.74) is -0.00640. The minimum absolute atomic E-state index is 0.185. The average Bonchev–Trinajstić information content (AvgIpc) is 3.00. The summed E-state index contributed by atoms with van der Waals surface area (Å²) in [4.78, 5) is 50.6. The van der Waals surface area contributed by atoms with Crippen LogP contribution in [0.4, 0.5) is 5.69 Å². The van der Waals surface area contributed by atoms with Gasteiger partial charge in [-0.15, -0.1) is 0 Å². The van der Waals surface area contributed by atoms with E-state index in [0.29, 0.717) is 10.6 Å². The molecule has 3 rings (SSSR count). The van der Waals surface area contributed by atoms with Crippen LogP contribution in [-0.4, -0.2) is 41.2 Å². The molecule has 0 fully saturated rings. The summed E-state index contributed by atoms with van der Waals surface area (Å²) in [6.45, 7) is 0.642. The second kappa shape index (κ2) is 9.34. The minimum Gasteiger partial charge on any atom is -0.454 e. The lowest BCUT2D eigenvalue weighted by Crippen LogP contribution is -2.44. The minimum atomic E-state index is -1.36. The van der Waals surface area contributed by atoms with Gasteiger partial charge in [-0.1, -0.05) is 62.3 Å². The Kier molecular flexibility index (Phi) is 7.18. The fourth-order valence-electron chi connectivity index (χ4n) is 2.81. The van der Waals surface area contributed by atoms with Gasteiger partial charge < -0.3 is 10.1 Å². The monoisotopic (exact) mass is 566 g/mol. The average molecular weight is 569 g/mol. The van der Waals surface area contributed by atoms with E-state index in [-0.39, 0.29) is 31.2 Å². The normalized spacial score (nSPS) is 13.8. The predicted octanol–water partition coefficient (Wildman–Crippen LogP) is 5.23. The molecule has 0 aromatic heterocycles. The Morgan fingerprint density at radius 3 is 1.94 bits per heavy atom. The second-order valence-electron chi connectivity index (χ2n) is 6.32. The first-order valence-electron chi connectivity index (χ1n) is 8.50. The van der Waals surface area contributed by atoms with Gasteiger partial charge in [0.2, 0.25) is 0 Å². The van der Waals surface area contributed by atoms with Crippen molar-refractivity contribution in [2.45, 2.75) is 13.0 Å². The van der Waals surface area contributed by atoms with Crippen LogP contribution in [0, 0.1) is 0 Å². The summed E-state index contributed by atoms with van der Waals surface area (Å²) in [5, 5.41) is 1.68. The van der Waals surface area contributed by atoms with E-state index in [1.54, 1.807) is 24.3 Å². The van der Waals surface area contributed by atoms with Crippen molar-refractivity contribution in [2.24, 2.45) is 0 Å². The van der Waals surface area contributed by atoms with E-state index >= 15 is 0 Å². The van der Waals surface area contributed by atoms with E-state index in [4.69, 9.17) is 51.1 Å². The van der Waals surface area contributed by atoms with Crippen molar-refractivity contribution in [2.75, 3.05) is 11.9 Å². The topological polar surface area (TPSA) is 92.8 Å². The van der Waals surface area contributed by atoms with Gasteiger partial charge in [-0.05, 0) is 31.2 Å². The second-order valence-corrected chi connectivity index (χ2v) is 8.75. The van der Waals surface area contributed by atoms with Crippen molar-refractivity contribution >= 4 is 91.7 Å². The number of amides is 3. The SMILES string of the molecule is C[C@@H](C(=O)OCC(=O)Nc1ccc(Br)cc1)N1C(=O)c2c(Cl)c(Cl)c(Cl)c(Cl)c2C1=O. The molecule has 31 heavy (non-hydrogen) atoms. The number of benzene rings is 2. The molecule has 7 nitrogen and oxygen atoms in total. The summed E-state index contributed by atoms with van der Waals surface area (Å²) in [6.07, 6.45) is 0. The van der Waals surface area contributed by atoms with Crippen molar-refractivity contribution in [3.05, 3.63) is 60.0 Å². The highest BCUT2D eigenvalue weighted by molar-refractivity contribution is 9.10. The number of hydrogen-bond acceptors (Lipinski definition) is 5.